The number of hydrogen-bond donors (Lipinski definition) is 1. The zero-order valence-electron chi connectivity index (χ0n) is 20.6. The molecule has 0 saturated carbocycles. The first kappa shape index (κ1) is 23.4. The van der Waals surface area contributed by atoms with Crippen LogP contribution in [0.1, 0.15) is 23.6 Å². The maximum absolute atomic E-state index is 13.8. The lowest BCUT2D eigenvalue weighted by atomic mass is 10.1. The Morgan fingerprint density at radius 2 is 1.58 bits per heavy atom. The third-order valence-electron chi connectivity index (χ3n) is 6.64. The first-order valence-electron chi connectivity index (χ1n) is 12.0. The molecule has 7 nitrogen and oxygen atoms in total. The second-order valence-electron chi connectivity index (χ2n) is 9.12. The molecule has 0 fully saturated rings. The van der Waals surface area contributed by atoms with Crippen LogP contribution in [0.25, 0.3) is 21.9 Å². The van der Waals surface area contributed by atoms with Crippen LogP contribution in [0.2, 0.25) is 0 Å². The lowest BCUT2D eigenvalue weighted by molar-refractivity contribution is -0.116. The molecular formula is C29H28N4O3. The molecule has 2 heterocycles. The number of aryl methyl sites for hydroxylation is 3. The van der Waals surface area contributed by atoms with Crippen molar-refractivity contribution in [3.63, 3.8) is 0 Å². The molecule has 7 heteroatoms. The number of nitrogens with one attached hydrogen (secondary N) is 1. The van der Waals surface area contributed by atoms with Crippen molar-refractivity contribution in [1.29, 1.82) is 0 Å². The first-order valence-corrected chi connectivity index (χ1v) is 12.0. The van der Waals surface area contributed by atoms with E-state index in [1.165, 1.54) is 14.7 Å². The van der Waals surface area contributed by atoms with E-state index in [0.717, 1.165) is 28.5 Å². The molecule has 182 valence electrons. The number of rotatable bonds is 6. The van der Waals surface area contributed by atoms with Gasteiger partial charge < -0.3 is 9.88 Å². The monoisotopic (exact) mass is 480 g/mol. The summed E-state index contributed by atoms with van der Waals surface area (Å²) in [5.41, 5.74) is 4.48. The molecule has 3 aromatic carbocycles. The predicted octanol–water partition coefficient (Wildman–Crippen LogP) is 4.21. The quantitative estimate of drug-likeness (QED) is 0.395. The third-order valence-corrected chi connectivity index (χ3v) is 6.64. The topological polar surface area (TPSA) is 78.0 Å². The second kappa shape index (κ2) is 9.34. The summed E-state index contributed by atoms with van der Waals surface area (Å²) in [6.45, 7) is 3.94. The summed E-state index contributed by atoms with van der Waals surface area (Å²) in [7, 11) is 1.82. The van der Waals surface area contributed by atoms with Gasteiger partial charge in [0.25, 0.3) is 5.56 Å². The smallest absolute Gasteiger partial charge is 0.332 e. The molecule has 36 heavy (non-hydrogen) atoms. The van der Waals surface area contributed by atoms with Gasteiger partial charge in [-0.1, -0.05) is 61.0 Å². The average Bonchev–Trinajstić information content (AvgIpc) is 3.17. The molecule has 0 spiro atoms. The summed E-state index contributed by atoms with van der Waals surface area (Å²) in [5.74, 6) is -0.336. The van der Waals surface area contributed by atoms with Gasteiger partial charge in [-0.3, -0.25) is 18.7 Å². The Morgan fingerprint density at radius 1 is 0.861 bits per heavy atom. The summed E-state index contributed by atoms with van der Waals surface area (Å²) in [6.07, 6.45) is 0.908. The molecule has 0 aliphatic carbocycles. The summed E-state index contributed by atoms with van der Waals surface area (Å²) < 4.78 is 4.45. The van der Waals surface area contributed by atoms with Gasteiger partial charge in [-0.25, -0.2) is 4.79 Å². The summed E-state index contributed by atoms with van der Waals surface area (Å²) >= 11 is 0. The minimum absolute atomic E-state index is 0.120. The van der Waals surface area contributed by atoms with E-state index in [9.17, 15) is 14.4 Å². The van der Waals surface area contributed by atoms with Crippen LogP contribution >= 0.6 is 0 Å². The van der Waals surface area contributed by atoms with Crippen LogP contribution in [0.15, 0.2) is 82.4 Å². The van der Waals surface area contributed by atoms with E-state index < -0.39 is 5.69 Å². The summed E-state index contributed by atoms with van der Waals surface area (Å²) in [4.78, 5) is 40.5. The van der Waals surface area contributed by atoms with Gasteiger partial charge >= 0.3 is 5.69 Å². The van der Waals surface area contributed by atoms with Crippen molar-refractivity contribution in [2.75, 3.05) is 5.32 Å². The van der Waals surface area contributed by atoms with E-state index in [1.807, 2.05) is 91.3 Å². The Morgan fingerprint density at radius 3 is 2.28 bits per heavy atom. The molecule has 2 aromatic heterocycles. The minimum atomic E-state index is -0.512. The number of carbonyl (C=O) groups is 1. The van der Waals surface area contributed by atoms with Crippen molar-refractivity contribution < 1.29 is 4.79 Å². The van der Waals surface area contributed by atoms with E-state index in [-0.39, 0.29) is 24.6 Å². The fraction of sp³-hybridized carbons (Fsp3) is 0.207. The standard InChI is InChI=1S/C29H28N4O3/c1-4-20-11-13-22(14-12-20)30-25(34)18-32-26-23-16-19(2)10-15-24(23)31(3)27(26)28(35)33(29(32)36)17-21-8-6-5-7-9-21/h5-16H,4,17-18H2,1-3H3,(H,30,34). The molecule has 1 N–H and O–H groups in total. The van der Waals surface area contributed by atoms with E-state index in [1.54, 1.807) is 0 Å². The first-order chi connectivity index (χ1) is 17.4. The van der Waals surface area contributed by atoms with Crippen LogP contribution in [-0.2, 0) is 31.4 Å². The number of aromatic nitrogens is 3. The third kappa shape index (κ3) is 4.13. The fourth-order valence-corrected chi connectivity index (χ4v) is 4.73. The molecule has 0 aliphatic rings. The molecule has 0 unspecified atom stereocenters. The predicted molar refractivity (Wildman–Crippen MR) is 144 cm³/mol. The van der Waals surface area contributed by atoms with E-state index >= 15 is 0 Å². The number of anilines is 1. The Bertz CT molecular complexity index is 1710. The van der Waals surface area contributed by atoms with Crippen LogP contribution in [0.3, 0.4) is 0 Å². The maximum Gasteiger partial charge on any atom is 0.332 e. The zero-order valence-corrected chi connectivity index (χ0v) is 20.6. The highest BCUT2D eigenvalue weighted by molar-refractivity contribution is 6.06. The molecule has 0 saturated heterocycles. The fourth-order valence-electron chi connectivity index (χ4n) is 4.73. The maximum atomic E-state index is 13.8. The van der Waals surface area contributed by atoms with Gasteiger partial charge in [0.15, 0.2) is 0 Å². The Labute approximate surface area is 208 Å². The molecule has 1 amide bonds. The van der Waals surface area contributed by atoms with Crippen LogP contribution in [0, 0.1) is 6.92 Å². The highest BCUT2D eigenvalue weighted by Crippen LogP contribution is 2.26. The van der Waals surface area contributed by atoms with Crippen molar-refractivity contribution in [2.45, 2.75) is 33.4 Å². The highest BCUT2D eigenvalue weighted by Gasteiger charge is 2.22. The van der Waals surface area contributed by atoms with Crippen molar-refractivity contribution in [3.8, 4) is 0 Å². The lowest BCUT2D eigenvalue weighted by Crippen LogP contribution is -2.42. The Balaban J connectivity index is 1.68. The van der Waals surface area contributed by atoms with Crippen LogP contribution in [-0.4, -0.2) is 19.6 Å². The molecule has 5 rings (SSSR count). The van der Waals surface area contributed by atoms with Gasteiger partial charge in [-0.15, -0.1) is 0 Å². The van der Waals surface area contributed by atoms with Crippen molar-refractivity contribution in [1.82, 2.24) is 13.7 Å². The minimum Gasteiger partial charge on any atom is -0.338 e. The lowest BCUT2D eigenvalue weighted by Gasteiger charge is -2.14. The molecule has 0 bridgehead atoms. The molecule has 0 radical (unpaired) electrons. The van der Waals surface area contributed by atoms with Gasteiger partial charge in [0.2, 0.25) is 5.91 Å². The highest BCUT2D eigenvalue weighted by atomic mass is 16.2. The van der Waals surface area contributed by atoms with Crippen LogP contribution in [0.5, 0.6) is 0 Å². The van der Waals surface area contributed by atoms with E-state index in [4.69, 9.17) is 0 Å². The normalized spacial score (nSPS) is 11.3. The summed E-state index contributed by atoms with van der Waals surface area (Å²) in [6, 6.07) is 22.9. The van der Waals surface area contributed by atoms with Crippen LogP contribution < -0.4 is 16.6 Å². The number of amides is 1. The number of benzene rings is 3. The number of nitrogens with zero attached hydrogens (tertiary/aromatic N) is 3. The zero-order chi connectivity index (χ0) is 25.4. The largest absolute Gasteiger partial charge is 0.338 e. The SMILES string of the molecule is CCc1ccc(NC(=O)Cn2c(=O)n(Cc3ccccc3)c(=O)c3c2c2cc(C)ccc2n3C)cc1. The Hall–Kier alpha value is -4.39. The van der Waals surface area contributed by atoms with E-state index in [2.05, 4.69) is 12.2 Å². The van der Waals surface area contributed by atoms with Gasteiger partial charge in [-0.05, 0) is 48.7 Å². The Kier molecular flexibility index (Phi) is 6.06. The number of fused-ring (bicyclic) bond motifs is 3. The molecular weight excluding hydrogens is 452 g/mol. The number of carbonyl (C=O) groups excluding carboxylic acids is 1. The summed E-state index contributed by atoms with van der Waals surface area (Å²) in [5, 5.41) is 3.66. The van der Waals surface area contributed by atoms with Crippen molar-refractivity contribution >= 4 is 33.5 Å². The molecule has 0 atom stereocenters. The van der Waals surface area contributed by atoms with Crippen molar-refractivity contribution in [2.24, 2.45) is 7.05 Å². The van der Waals surface area contributed by atoms with Gasteiger partial charge in [0.1, 0.15) is 12.1 Å². The van der Waals surface area contributed by atoms with Gasteiger partial charge in [0, 0.05) is 18.1 Å². The van der Waals surface area contributed by atoms with E-state index in [0.29, 0.717) is 16.7 Å². The van der Waals surface area contributed by atoms with Crippen LogP contribution in [0.4, 0.5) is 5.69 Å². The number of hydrogen-bond acceptors (Lipinski definition) is 3. The average molecular weight is 481 g/mol. The molecule has 0 aliphatic heterocycles. The van der Waals surface area contributed by atoms with Gasteiger partial charge in [-0.2, -0.15) is 0 Å². The van der Waals surface area contributed by atoms with Gasteiger partial charge in [0.05, 0.1) is 17.6 Å². The van der Waals surface area contributed by atoms with Crippen molar-refractivity contribution in [3.05, 3.63) is 110 Å². The second-order valence-corrected chi connectivity index (χ2v) is 9.12. The molecule has 5 aromatic rings.